The van der Waals surface area contributed by atoms with Crippen LogP contribution in [0.15, 0.2) is 0 Å². The van der Waals surface area contributed by atoms with Gasteiger partial charge >= 0.3 is 5.97 Å². The number of carbonyl (C=O) groups is 2. The SMILES string of the molecule is COC(=O)c1c(NC(=O)CN2CCCC(C)C2)sc2c1CCC2. The summed E-state index contributed by atoms with van der Waals surface area (Å²) >= 11 is 1.53. The maximum atomic E-state index is 12.4. The van der Waals surface area contributed by atoms with Crippen molar-refractivity contribution < 1.29 is 14.3 Å². The van der Waals surface area contributed by atoms with Crippen molar-refractivity contribution in [2.45, 2.75) is 39.0 Å². The normalized spacial score (nSPS) is 21.0. The molecule has 0 bridgehead atoms. The molecule has 3 rings (SSSR count). The van der Waals surface area contributed by atoms with Gasteiger partial charge in [0.25, 0.3) is 0 Å². The fraction of sp³-hybridized carbons (Fsp3) is 0.647. The van der Waals surface area contributed by atoms with Crippen LogP contribution in [0.25, 0.3) is 0 Å². The molecule has 0 spiro atoms. The average Bonchev–Trinajstić information content (AvgIpc) is 3.06. The summed E-state index contributed by atoms with van der Waals surface area (Å²) in [6, 6.07) is 0. The largest absolute Gasteiger partial charge is 0.465 e. The molecule has 23 heavy (non-hydrogen) atoms. The van der Waals surface area contributed by atoms with Gasteiger partial charge in [0.2, 0.25) is 5.91 Å². The van der Waals surface area contributed by atoms with Gasteiger partial charge in [0, 0.05) is 11.4 Å². The first-order chi connectivity index (χ1) is 11.1. The second kappa shape index (κ2) is 7.01. The van der Waals surface area contributed by atoms with Gasteiger partial charge in [-0.05, 0) is 50.1 Å². The van der Waals surface area contributed by atoms with Crippen LogP contribution in [0.2, 0.25) is 0 Å². The Kier molecular flexibility index (Phi) is 5.02. The number of hydrogen-bond acceptors (Lipinski definition) is 5. The van der Waals surface area contributed by atoms with Crippen molar-refractivity contribution in [3.8, 4) is 0 Å². The molecule has 0 aromatic carbocycles. The third-order valence-electron chi connectivity index (χ3n) is 4.67. The minimum Gasteiger partial charge on any atom is -0.465 e. The summed E-state index contributed by atoms with van der Waals surface area (Å²) in [6.07, 6.45) is 5.35. The molecule has 5 nitrogen and oxygen atoms in total. The molecule has 1 N–H and O–H groups in total. The molecule has 1 amide bonds. The number of rotatable bonds is 4. The number of amides is 1. The van der Waals surface area contributed by atoms with Crippen molar-refractivity contribution in [2.75, 3.05) is 32.1 Å². The van der Waals surface area contributed by atoms with Crippen molar-refractivity contribution in [2.24, 2.45) is 5.92 Å². The Hall–Kier alpha value is -1.40. The number of carbonyl (C=O) groups excluding carboxylic acids is 2. The number of likely N-dealkylation sites (tertiary alicyclic amines) is 1. The summed E-state index contributed by atoms with van der Waals surface area (Å²) in [5, 5.41) is 3.62. The van der Waals surface area contributed by atoms with Gasteiger partial charge in [-0.25, -0.2) is 4.79 Å². The first-order valence-electron chi connectivity index (χ1n) is 8.33. The Morgan fingerprint density at radius 3 is 2.91 bits per heavy atom. The topological polar surface area (TPSA) is 58.6 Å². The van der Waals surface area contributed by atoms with Gasteiger partial charge in [-0.15, -0.1) is 11.3 Å². The number of methoxy groups -OCH3 is 1. The molecule has 1 aromatic rings. The van der Waals surface area contributed by atoms with E-state index in [9.17, 15) is 9.59 Å². The lowest BCUT2D eigenvalue weighted by molar-refractivity contribution is -0.117. The van der Waals surface area contributed by atoms with Crippen LogP contribution < -0.4 is 5.32 Å². The smallest absolute Gasteiger partial charge is 0.341 e. The fourth-order valence-corrected chi connectivity index (χ4v) is 4.90. The van der Waals surface area contributed by atoms with E-state index in [1.54, 1.807) is 0 Å². The zero-order valence-electron chi connectivity index (χ0n) is 13.8. The Morgan fingerprint density at radius 1 is 1.35 bits per heavy atom. The predicted octanol–water partition coefficient (Wildman–Crippen LogP) is 2.69. The number of nitrogens with one attached hydrogen (secondary N) is 1. The van der Waals surface area contributed by atoms with Crippen LogP contribution in [-0.4, -0.2) is 43.5 Å². The number of anilines is 1. The van der Waals surface area contributed by atoms with Gasteiger partial charge in [-0.3, -0.25) is 9.69 Å². The lowest BCUT2D eigenvalue weighted by atomic mass is 10.0. The molecular weight excluding hydrogens is 312 g/mol. The van der Waals surface area contributed by atoms with Crippen molar-refractivity contribution in [1.29, 1.82) is 0 Å². The highest BCUT2D eigenvalue weighted by Gasteiger charge is 2.28. The number of thiophene rings is 1. The summed E-state index contributed by atoms with van der Waals surface area (Å²) in [7, 11) is 1.39. The van der Waals surface area contributed by atoms with E-state index >= 15 is 0 Å². The molecule has 0 radical (unpaired) electrons. The number of hydrogen-bond donors (Lipinski definition) is 1. The highest BCUT2D eigenvalue weighted by Crippen LogP contribution is 2.39. The minimum atomic E-state index is -0.341. The van der Waals surface area contributed by atoms with Gasteiger partial charge in [0.1, 0.15) is 5.00 Å². The van der Waals surface area contributed by atoms with Crippen LogP contribution in [0.3, 0.4) is 0 Å². The van der Waals surface area contributed by atoms with Crippen LogP contribution in [0.4, 0.5) is 5.00 Å². The van der Waals surface area contributed by atoms with Crippen molar-refractivity contribution in [3.63, 3.8) is 0 Å². The average molecular weight is 336 g/mol. The second-order valence-electron chi connectivity index (χ2n) is 6.58. The quantitative estimate of drug-likeness (QED) is 0.859. The van der Waals surface area contributed by atoms with E-state index in [0.29, 0.717) is 23.0 Å². The third-order valence-corrected chi connectivity index (χ3v) is 5.88. The van der Waals surface area contributed by atoms with Crippen molar-refractivity contribution in [1.82, 2.24) is 4.90 Å². The lowest BCUT2D eigenvalue weighted by Gasteiger charge is -2.30. The van der Waals surface area contributed by atoms with Gasteiger partial charge in [0.05, 0.1) is 19.2 Å². The zero-order valence-corrected chi connectivity index (χ0v) is 14.6. The van der Waals surface area contributed by atoms with Gasteiger partial charge in [-0.2, -0.15) is 0 Å². The van der Waals surface area contributed by atoms with Gasteiger partial charge < -0.3 is 10.1 Å². The molecule has 126 valence electrons. The van der Waals surface area contributed by atoms with Crippen LogP contribution in [0.5, 0.6) is 0 Å². The van der Waals surface area contributed by atoms with E-state index in [-0.39, 0.29) is 11.9 Å². The number of esters is 1. The number of aryl methyl sites for hydroxylation is 1. The zero-order chi connectivity index (χ0) is 16.4. The molecule has 1 aliphatic carbocycles. The van der Waals surface area contributed by atoms with Gasteiger partial charge in [0.15, 0.2) is 0 Å². The van der Waals surface area contributed by atoms with E-state index in [1.165, 1.54) is 29.7 Å². The van der Waals surface area contributed by atoms with E-state index in [1.807, 2.05) is 0 Å². The lowest BCUT2D eigenvalue weighted by Crippen LogP contribution is -2.39. The van der Waals surface area contributed by atoms with E-state index in [4.69, 9.17) is 4.74 Å². The Balaban J connectivity index is 1.70. The predicted molar refractivity (Wildman–Crippen MR) is 91.2 cm³/mol. The van der Waals surface area contributed by atoms with Crippen molar-refractivity contribution >= 4 is 28.2 Å². The van der Waals surface area contributed by atoms with Gasteiger partial charge in [-0.1, -0.05) is 6.92 Å². The summed E-state index contributed by atoms with van der Waals surface area (Å²) < 4.78 is 4.91. The summed E-state index contributed by atoms with van der Waals surface area (Å²) in [5.41, 5.74) is 1.65. The molecule has 6 heteroatoms. The Morgan fingerprint density at radius 2 is 2.17 bits per heavy atom. The highest BCUT2D eigenvalue weighted by atomic mass is 32.1. The number of fused-ring (bicyclic) bond motifs is 1. The number of piperidine rings is 1. The summed E-state index contributed by atoms with van der Waals surface area (Å²) in [4.78, 5) is 27.9. The molecule has 0 saturated carbocycles. The number of nitrogens with zero attached hydrogens (tertiary/aromatic N) is 1. The first kappa shape index (κ1) is 16.5. The fourth-order valence-electron chi connectivity index (χ4n) is 3.61. The van der Waals surface area contributed by atoms with Crippen molar-refractivity contribution in [3.05, 3.63) is 16.0 Å². The van der Waals surface area contributed by atoms with E-state index in [0.717, 1.165) is 44.3 Å². The maximum absolute atomic E-state index is 12.4. The molecule has 2 aliphatic rings. The van der Waals surface area contributed by atoms with E-state index in [2.05, 4.69) is 17.1 Å². The third kappa shape index (κ3) is 3.58. The molecule has 1 saturated heterocycles. The molecular formula is C17H24N2O3S. The van der Waals surface area contributed by atoms with E-state index < -0.39 is 0 Å². The van der Waals surface area contributed by atoms with Crippen LogP contribution >= 0.6 is 11.3 Å². The molecule has 1 aromatic heterocycles. The van der Waals surface area contributed by atoms with Crippen LogP contribution in [-0.2, 0) is 22.4 Å². The summed E-state index contributed by atoms with van der Waals surface area (Å²) in [5.74, 6) is 0.267. The highest BCUT2D eigenvalue weighted by molar-refractivity contribution is 7.17. The van der Waals surface area contributed by atoms with Crippen LogP contribution in [0.1, 0.15) is 47.0 Å². The maximum Gasteiger partial charge on any atom is 0.341 e. The van der Waals surface area contributed by atoms with Crippen LogP contribution in [0, 0.1) is 5.92 Å². The first-order valence-corrected chi connectivity index (χ1v) is 9.15. The molecule has 1 fully saturated rings. The standard InChI is InChI=1S/C17H24N2O3S/c1-11-5-4-8-19(9-11)10-14(20)18-16-15(17(21)22-2)12-6-3-7-13(12)23-16/h11H,3-10H2,1-2H3,(H,18,20). The monoisotopic (exact) mass is 336 g/mol. The minimum absolute atomic E-state index is 0.0378. The molecule has 2 heterocycles. The Labute approximate surface area is 141 Å². The second-order valence-corrected chi connectivity index (χ2v) is 7.69. The Bertz CT molecular complexity index is 611. The number of ether oxygens (including phenoxy) is 1. The summed E-state index contributed by atoms with van der Waals surface area (Å²) in [6.45, 7) is 4.57. The molecule has 1 aliphatic heterocycles. The molecule has 1 unspecified atom stereocenters. The molecule has 1 atom stereocenters.